The molecule has 0 amide bonds. The molecule has 3 N–H and O–H groups in total. The molecule has 0 aromatic carbocycles. The molecule has 108 valence electrons. The van der Waals surface area contributed by atoms with Crippen LogP contribution in [0.2, 0.25) is 0 Å². The van der Waals surface area contributed by atoms with Crippen LogP contribution in [0.3, 0.4) is 0 Å². The molecule has 3 rings (SSSR count). The zero-order valence-electron chi connectivity index (χ0n) is 11.3. The third kappa shape index (κ3) is 2.03. The number of nitro groups is 1. The average molecular weight is 278 g/mol. The van der Waals surface area contributed by atoms with Crippen LogP contribution < -0.4 is 11.1 Å². The summed E-state index contributed by atoms with van der Waals surface area (Å²) in [5, 5.41) is 14.3. The Labute approximate surface area is 116 Å². The Kier molecular flexibility index (Phi) is 3.31. The number of aromatic nitrogens is 1. The van der Waals surface area contributed by atoms with Crippen molar-refractivity contribution in [2.24, 2.45) is 11.7 Å². The number of nitrogens with one attached hydrogen (secondary N) is 1. The number of anilines is 1. The third-order valence-corrected chi connectivity index (χ3v) is 4.29. The molecule has 0 spiro atoms. The summed E-state index contributed by atoms with van der Waals surface area (Å²) >= 11 is 0. The van der Waals surface area contributed by atoms with Crippen LogP contribution >= 0.6 is 0 Å². The van der Waals surface area contributed by atoms with Gasteiger partial charge in [0.2, 0.25) is 5.82 Å². The van der Waals surface area contributed by atoms with E-state index in [0.717, 1.165) is 19.4 Å². The molecular formula is C13H18N4O3. The van der Waals surface area contributed by atoms with Crippen molar-refractivity contribution in [1.82, 2.24) is 4.98 Å². The van der Waals surface area contributed by atoms with E-state index in [1.807, 2.05) is 0 Å². The van der Waals surface area contributed by atoms with E-state index in [4.69, 9.17) is 10.5 Å². The lowest BCUT2D eigenvalue weighted by Crippen LogP contribution is -2.69. The van der Waals surface area contributed by atoms with E-state index < -0.39 is 4.92 Å². The largest absolute Gasteiger partial charge is 0.376 e. The number of fused-ring (bicyclic) bond motifs is 1. The molecule has 1 saturated carbocycles. The van der Waals surface area contributed by atoms with Gasteiger partial charge in [-0.25, -0.2) is 4.98 Å². The third-order valence-electron chi connectivity index (χ3n) is 4.29. The Morgan fingerprint density at radius 2 is 2.40 bits per heavy atom. The van der Waals surface area contributed by atoms with Gasteiger partial charge in [0.05, 0.1) is 17.1 Å². The van der Waals surface area contributed by atoms with Crippen LogP contribution in [0.5, 0.6) is 0 Å². The summed E-state index contributed by atoms with van der Waals surface area (Å²) in [6, 6.07) is 1.49. The number of hydrogen-bond acceptors (Lipinski definition) is 6. The van der Waals surface area contributed by atoms with Gasteiger partial charge in [0.15, 0.2) is 0 Å². The molecule has 1 aromatic rings. The second kappa shape index (κ2) is 4.99. The fraction of sp³-hybridized carbons (Fsp3) is 0.615. The van der Waals surface area contributed by atoms with Crippen molar-refractivity contribution < 1.29 is 9.66 Å². The van der Waals surface area contributed by atoms with Gasteiger partial charge in [-0.05, 0) is 25.8 Å². The zero-order chi connectivity index (χ0) is 14.3. The highest BCUT2D eigenvalue weighted by molar-refractivity contribution is 5.60. The Morgan fingerprint density at radius 1 is 1.60 bits per heavy atom. The second-order valence-electron chi connectivity index (χ2n) is 5.47. The van der Waals surface area contributed by atoms with Gasteiger partial charge in [-0.1, -0.05) is 0 Å². The molecular weight excluding hydrogens is 260 g/mol. The maximum atomic E-state index is 11.2. The van der Waals surface area contributed by atoms with Gasteiger partial charge in [0, 0.05) is 30.3 Å². The number of rotatable bonds is 3. The highest BCUT2D eigenvalue weighted by Crippen LogP contribution is 2.39. The quantitative estimate of drug-likeness (QED) is 0.636. The first-order valence-corrected chi connectivity index (χ1v) is 6.83. The van der Waals surface area contributed by atoms with Crippen LogP contribution in [0.4, 0.5) is 11.5 Å². The lowest BCUT2D eigenvalue weighted by Gasteiger charge is -2.52. The van der Waals surface area contributed by atoms with Gasteiger partial charge in [0.1, 0.15) is 0 Å². The summed E-state index contributed by atoms with van der Waals surface area (Å²) in [4.78, 5) is 14.8. The van der Waals surface area contributed by atoms with Crippen LogP contribution in [0.15, 0.2) is 12.3 Å². The van der Waals surface area contributed by atoms with Crippen LogP contribution in [-0.4, -0.2) is 34.7 Å². The second-order valence-corrected chi connectivity index (χ2v) is 5.47. The number of nitrogens with zero attached hydrogens (tertiary/aromatic N) is 2. The SMILES string of the molecule is Cc1ccnc(NC2C(N)C3CCCOC32)c1[N+](=O)[O-]. The molecule has 2 heterocycles. The maximum Gasteiger partial charge on any atom is 0.314 e. The van der Waals surface area contributed by atoms with Crippen LogP contribution in [0.25, 0.3) is 0 Å². The summed E-state index contributed by atoms with van der Waals surface area (Å²) in [5.74, 6) is 0.633. The van der Waals surface area contributed by atoms with E-state index in [2.05, 4.69) is 10.3 Å². The van der Waals surface area contributed by atoms with E-state index in [9.17, 15) is 10.1 Å². The molecule has 2 aliphatic rings. The summed E-state index contributed by atoms with van der Waals surface area (Å²) in [5.41, 5.74) is 6.75. The normalized spacial score (nSPS) is 32.1. The minimum absolute atomic E-state index is 0.0129. The molecule has 20 heavy (non-hydrogen) atoms. The summed E-state index contributed by atoms with van der Waals surface area (Å²) in [6.45, 7) is 2.43. The molecule has 0 bridgehead atoms. The molecule has 2 fully saturated rings. The first-order valence-electron chi connectivity index (χ1n) is 6.83. The highest BCUT2D eigenvalue weighted by Gasteiger charge is 2.51. The summed E-state index contributed by atoms with van der Waals surface area (Å²) < 4.78 is 5.72. The van der Waals surface area contributed by atoms with E-state index in [1.165, 1.54) is 0 Å². The number of nitrogens with two attached hydrogens (primary N) is 1. The molecule has 1 saturated heterocycles. The molecule has 1 aliphatic heterocycles. The predicted molar refractivity (Wildman–Crippen MR) is 73.5 cm³/mol. The fourth-order valence-electron chi connectivity index (χ4n) is 3.17. The predicted octanol–water partition coefficient (Wildman–Crippen LogP) is 1.21. The van der Waals surface area contributed by atoms with Crippen LogP contribution in [-0.2, 0) is 4.74 Å². The van der Waals surface area contributed by atoms with Gasteiger partial charge in [-0.15, -0.1) is 0 Å². The number of aryl methyl sites for hydroxylation is 1. The Bertz CT molecular complexity index is 536. The van der Waals surface area contributed by atoms with Crippen molar-refractivity contribution in [3.05, 3.63) is 27.9 Å². The smallest absolute Gasteiger partial charge is 0.314 e. The standard InChI is InChI=1S/C13H18N4O3/c1-7-4-5-15-13(11(7)17(18)19)16-10-9(14)8-3-2-6-20-12(8)10/h4-5,8-10,12H,2-3,6,14H2,1H3,(H,15,16). The van der Waals surface area contributed by atoms with Gasteiger partial charge in [-0.2, -0.15) is 0 Å². The molecule has 7 nitrogen and oxygen atoms in total. The molecule has 4 unspecified atom stereocenters. The van der Waals surface area contributed by atoms with Crippen molar-refractivity contribution >= 4 is 11.5 Å². The van der Waals surface area contributed by atoms with E-state index in [-0.39, 0.29) is 29.7 Å². The first kappa shape index (κ1) is 13.3. The molecule has 0 radical (unpaired) electrons. The van der Waals surface area contributed by atoms with Gasteiger partial charge < -0.3 is 15.8 Å². The summed E-state index contributed by atoms with van der Waals surface area (Å²) in [6.07, 6.45) is 3.70. The van der Waals surface area contributed by atoms with Gasteiger partial charge >= 0.3 is 5.69 Å². The first-order chi connectivity index (χ1) is 9.59. The average Bonchev–Trinajstić information content (AvgIpc) is 2.44. The Balaban J connectivity index is 1.82. The number of pyridine rings is 1. The lowest BCUT2D eigenvalue weighted by atomic mass is 9.68. The van der Waals surface area contributed by atoms with Crippen LogP contribution in [0.1, 0.15) is 18.4 Å². The van der Waals surface area contributed by atoms with Gasteiger partial charge in [-0.3, -0.25) is 10.1 Å². The molecule has 1 aromatic heterocycles. The van der Waals surface area contributed by atoms with Crippen molar-refractivity contribution in [2.45, 2.75) is 38.0 Å². The van der Waals surface area contributed by atoms with Gasteiger partial charge in [0.25, 0.3) is 0 Å². The maximum absolute atomic E-state index is 11.2. The van der Waals surface area contributed by atoms with Crippen molar-refractivity contribution in [3.63, 3.8) is 0 Å². The summed E-state index contributed by atoms with van der Waals surface area (Å²) in [7, 11) is 0. The highest BCUT2D eigenvalue weighted by atomic mass is 16.6. The van der Waals surface area contributed by atoms with Crippen LogP contribution in [0, 0.1) is 23.0 Å². The van der Waals surface area contributed by atoms with Crippen molar-refractivity contribution in [1.29, 1.82) is 0 Å². The minimum Gasteiger partial charge on any atom is -0.376 e. The topological polar surface area (TPSA) is 103 Å². The minimum atomic E-state index is -0.409. The number of ether oxygens (including phenoxy) is 1. The van der Waals surface area contributed by atoms with E-state index in [0.29, 0.717) is 11.5 Å². The molecule has 7 heteroatoms. The Hall–Kier alpha value is -1.73. The fourth-order valence-corrected chi connectivity index (χ4v) is 3.17. The number of hydrogen-bond donors (Lipinski definition) is 2. The lowest BCUT2D eigenvalue weighted by molar-refractivity contribution is -0.384. The van der Waals surface area contributed by atoms with E-state index >= 15 is 0 Å². The van der Waals surface area contributed by atoms with Crippen molar-refractivity contribution in [2.75, 3.05) is 11.9 Å². The van der Waals surface area contributed by atoms with Crippen molar-refractivity contribution in [3.8, 4) is 0 Å². The Morgan fingerprint density at radius 3 is 3.15 bits per heavy atom. The zero-order valence-corrected chi connectivity index (χ0v) is 11.3. The monoisotopic (exact) mass is 278 g/mol. The molecule has 1 aliphatic carbocycles. The molecule has 4 atom stereocenters. The van der Waals surface area contributed by atoms with E-state index in [1.54, 1.807) is 19.2 Å².